The molecule has 2 aromatic carbocycles. The molecule has 0 bridgehead atoms. The number of phenols is 1. The molecule has 0 amide bonds. The average Bonchev–Trinajstić information content (AvgIpc) is 3.33. The molecule has 2 aliphatic rings. The Morgan fingerprint density at radius 1 is 1.03 bits per heavy atom. The lowest BCUT2D eigenvalue weighted by Gasteiger charge is -2.41. The van der Waals surface area contributed by atoms with Crippen molar-refractivity contribution in [2.24, 2.45) is 5.92 Å². The van der Waals surface area contributed by atoms with Crippen LogP contribution in [0.1, 0.15) is 38.2 Å². The van der Waals surface area contributed by atoms with Gasteiger partial charge in [0.25, 0.3) is 0 Å². The first-order valence-corrected chi connectivity index (χ1v) is 12.1. The number of hydrogen-bond acceptors (Lipinski definition) is 6. The van der Waals surface area contributed by atoms with Crippen LogP contribution >= 0.6 is 12.4 Å². The lowest BCUT2D eigenvalue weighted by Crippen LogP contribution is -2.54. The molecule has 3 aromatic rings. The van der Waals surface area contributed by atoms with Crippen molar-refractivity contribution in [3.63, 3.8) is 0 Å². The van der Waals surface area contributed by atoms with E-state index in [1.165, 1.54) is 25.7 Å². The van der Waals surface area contributed by atoms with E-state index in [9.17, 15) is 9.90 Å². The minimum atomic E-state index is 0. The summed E-state index contributed by atoms with van der Waals surface area (Å²) in [4.78, 5) is 27.0. The van der Waals surface area contributed by atoms with Crippen LogP contribution in [0.2, 0.25) is 0 Å². The van der Waals surface area contributed by atoms with Gasteiger partial charge in [-0.2, -0.15) is 0 Å². The third-order valence-electron chi connectivity index (χ3n) is 7.25. The fourth-order valence-corrected chi connectivity index (χ4v) is 5.62. The zero-order valence-corrected chi connectivity index (χ0v) is 20.7. The number of para-hydroxylation sites is 1. The summed E-state index contributed by atoms with van der Waals surface area (Å²) < 4.78 is 0. The van der Waals surface area contributed by atoms with Crippen LogP contribution in [0, 0.1) is 12.8 Å². The maximum atomic E-state index is 12.5. The molecule has 1 N–H and O–H groups in total. The summed E-state index contributed by atoms with van der Waals surface area (Å²) in [6.07, 6.45) is 4.83. The maximum Gasteiger partial charge on any atom is 0.165 e. The quantitative estimate of drug-likeness (QED) is 0.554. The van der Waals surface area contributed by atoms with Gasteiger partial charge in [0.1, 0.15) is 17.4 Å². The van der Waals surface area contributed by atoms with E-state index in [1.54, 1.807) is 19.1 Å². The van der Waals surface area contributed by atoms with Crippen LogP contribution < -0.4 is 4.90 Å². The smallest absolute Gasteiger partial charge is 0.165 e. The molecule has 180 valence electrons. The minimum Gasteiger partial charge on any atom is -0.507 e. The number of carbonyl (C=O) groups excluding carboxylic acids is 1. The number of rotatable bonds is 5. The number of Topliss-reactive ketones (excluding diaryl/α,β-unsaturated/α-hetero) is 1. The molecule has 1 atom stereocenters. The fraction of sp³-hybridized carbons (Fsp3) is 0.444. The number of fused-ring (bicyclic) bond motifs is 1. The molecule has 34 heavy (non-hydrogen) atoms. The monoisotopic (exact) mass is 480 g/mol. The minimum absolute atomic E-state index is 0. The van der Waals surface area contributed by atoms with Gasteiger partial charge in [0.2, 0.25) is 0 Å². The van der Waals surface area contributed by atoms with E-state index in [4.69, 9.17) is 9.97 Å². The van der Waals surface area contributed by atoms with Crippen molar-refractivity contribution < 1.29 is 9.90 Å². The third kappa shape index (κ3) is 4.75. The highest BCUT2D eigenvalue weighted by atomic mass is 35.5. The van der Waals surface area contributed by atoms with Crippen molar-refractivity contribution in [2.45, 2.75) is 45.6 Å². The Kier molecular flexibility index (Phi) is 7.39. The molecule has 1 aromatic heterocycles. The molecule has 1 saturated carbocycles. The first kappa shape index (κ1) is 24.4. The van der Waals surface area contributed by atoms with Gasteiger partial charge >= 0.3 is 0 Å². The molecule has 7 heteroatoms. The van der Waals surface area contributed by atoms with E-state index in [1.807, 2.05) is 12.1 Å². The van der Waals surface area contributed by atoms with Crippen LogP contribution in [-0.2, 0) is 4.79 Å². The lowest BCUT2D eigenvalue weighted by molar-refractivity contribution is -0.124. The van der Waals surface area contributed by atoms with E-state index >= 15 is 0 Å². The predicted molar refractivity (Wildman–Crippen MR) is 139 cm³/mol. The molecule has 0 radical (unpaired) electrons. The number of benzene rings is 2. The highest BCUT2D eigenvalue weighted by Crippen LogP contribution is 2.34. The lowest BCUT2D eigenvalue weighted by atomic mass is 9.93. The third-order valence-corrected chi connectivity index (χ3v) is 7.25. The highest BCUT2D eigenvalue weighted by molar-refractivity contribution is 5.92. The van der Waals surface area contributed by atoms with E-state index < -0.39 is 0 Å². The number of aromatic nitrogens is 2. The van der Waals surface area contributed by atoms with Gasteiger partial charge in [0, 0.05) is 31.6 Å². The Morgan fingerprint density at radius 3 is 2.41 bits per heavy atom. The van der Waals surface area contributed by atoms with Gasteiger partial charge in [0.05, 0.1) is 17.1 Å². The Labute approximate surface area is 207 Å². The number of aryl methyl sites for hydroxylation is 1. The zero-order valence-electron chi connectivity index (χ0n) is 19.9. The number of halogens is 1. The zero-order chi connectivity index (χ0) is 22.9. The number of nitrogens with zero attached hydrogens (tertiary/aromatic N) is 4. The van der Waals surface area contributed by atoms with Crippen molar-refractivity contribution in [3.8, 4) is 17.1 Å². The Hall–Kier alpha value is -2.70. The molecule has 1 aliphatic carbocycles. The molecular formula is C27H33ClN4O2. The van der Waals surface area contributed by atoms with E-state index in [-0.39, 0.29) is 24.2 Å². The Balaban J connectivity index is 0.00000274. The van der Waals surface area contributed by atoms with Gasteiger partial charge in [-0.3, -0.25) is 9.69 Å². The van der Waals surface area contributed by atoms with E-state index in [2.05, 4.69) is 34.9 Å². The van der Waals surface area contributed by atoms with E-state index in [0.29, 0.717) is 23.1 Å². The summed E-state index contributed by atoms with van der Waals surface area (Å²) in [6, 6.07) is 13.5. The standard InChI is InChI=1S/C27H32N4O2.ClH/c1-18-11-12-21-23(17-18)28-26(22-9-5-6-10-24(22)33)29-27(21)31-15-13-30(14-16-31)25(19(2)32)20-7-3-4-8-20;/h5-6,9-12,17,20,25,33H,3-4,7-8,13-16H2,1-2H3;1H. The van der Waals surface area contributed by atoms with Gasteiger partial charge < -0.3 is 10.0 Å². The molecule has 1 aliphatic heterocycles. The first-order chi connectivity index (χ1) is 16.0. The van der Waals surface area contributed by atoms with Crippen molar-refractivity contribution in [1.29, 1.82) is 0 Å². The average molecular weight is 481 g/mol. The summed E-state index contributed by atoms with van der Waals surface area (Å²) in [6.45, 7) is 7.15. The normalized spacial score (nSPS) is 18.1. The van der Waals surface area contributed by atoms with Crippen molar-refractivity contribution in [3.05, 3.63) is 48.0 Å². The summed E-state index contributed by atoms with van der Waals surface area (Å²) in [5.74, 6) is 2.43. The topological polar surface area (TPSA) is 69.6 Å². The Morgan fingerprint density at radius 2 is 1.74 bits per heavy atom. The van der Waals surface area contributed by atoms with Gasteiger partial charge in [-0.1, -0.05) is 31.0 Å². The number of carbonyl (C=O) groups is 1. The maximum absolute atomic E-state index is 12.5. The number of hydrogen-bond donors (Lipinski definition) is 1. The Bertz CT molecular complexity index is 1170. The molecule has 1 unspecified atom stereocenters. The first-order valence-electron chi connectivity index (χ1n) is 12.1. The molecule has 2 fully saturated rings. The number of phenolic OH excluding ortho intramolecular Hbond substituents is 1. The molecule has 1 saturated heterocycles. The number of anilines is 1. The van der Waals surface area contributed by atoms with Crippen LogP contribution in [0.15, 0.2) is 42.5 Å². The molecule has 5 rings (SSSR count). The summed E-state index contributed by atoms with van der Waals surface area (Å²) in [5.41, 5.74) is 2.66. The SMILES string of the molecule is CC(=O)C(C1CCCC1)N1CCN(c2nc(-c3ccccc3O)nc3cc(C)ccc23)CC1.Cl. The van der Waals surface area contributed by atoms with Crippen LogP contribution in [0.3, 0.4) is 0 Å². The second-order valence-electron chi connectivity index (χ2n) is 9.53. The van der Waals surface area contributed by atoms with Crippen LogP contribution in [0.4, 0.5) is 5.82 Å². The van der Waals surface area contributed by atoms with Crippen LogP contribution in [0.5, 0.6) is 5.75 Å². The van der Waals surface area contributed by atoms with Gasteiger partial charge in [-0.05, 0) is 62.4 Å². The van der Waals surface area contributed by atoms with Gasteiger partial charge in [-0.25, -0.2) is 9.97 Å². The summed E-state index contributed by atoms with van der Waals surface area (Å²) >= 11 is 0. The fourth-order valence-electron chi connectivity index (χ4n) is 5.62. The summed E-state index contributed by atoms with van der Waals surface area (Å²) in [7, 11) is 0. The number of ketones is 1. The molecule has 0 spiro atoms. The van der Waals surface area contributed by atoms with Crippen molar-refractivity contribution >= 4 is 34.9 Å². The number of aromatic hydroxyl groups is 1. The van der Waals surface area contributed by atoms with E-state index in [0.717, 1.165) is 48.5 Å². The largest absolute Gasteiger partial charge is 0.507 e. The van der Waals surface area contributed by atoms with Crippen LogP contribution in [0.25, 0.3) is 22.3 Å². The molecular weight excluding hydrogens is 448 g/mol. The second kappa shape index (κ2) is 10.3. The molecule has 2 heterocycles. The molecule has 6 nitrogen and oxygen atoms in total. The van der Waals surface area contributed by atoms with Crippen molar-refractivity contribution in [1.82, 2.24) is 14.9 Å². The van der Waals surface area contributed by atoms with Crippen molar-refractivity contribution in [2.75, 3.05) is 31.1 Å². The van der Waals surface area contributed by atoms with Gasteiger partial charge in [-0.15, -0.1) is 12.4 Å². The summed E-state index contributed by atoms with van der Waals surface area (Å²) in [5, 5.41) is 11.4. The van der Waals surface area contributed by atoms with Gasteiger partial charge in [0.15, 0.2) is 5.82 Å². The highest BCUT2D eigenvalue weighted by Gasteiger charge is 2.35. The second-order valence-corrected chi connectivity index (χ2v) is 9.53. The predicted octanol–water partition coefficient (Wildman–Crippen LogP) is 5.00. The number of piperazine rings is 1. The van der Waals surface area contributed by atoms with Crippen LogP contribution in [-0.4, -0.2) is 58.0 Å².